The first-order valence-corrected chi connectivity index (χ1v) is 40.5. The molecule has 1 aromatic carbocycles. The maximum absolute atomic E-state index is 14.6. The summed E-state index contributed by atoms with van der Waals surface area (Å²) < 4.78 is 0. The Bertz CT molecular complexity index is 3720. The average molecular weight is 1740 g/mol. The van der Waals surface area contributed by atoms with E-state index in [1.807, 2.05) is 0 Å². The summed E-state index contributed by atoms with van der Waals surface area (Å²) in [7, 11) is 0. The Morgan fingerprint density at radius 2 is 0.661 bits per heavy atom. The van der Waals surface area contributed by atoms with Gasteiger partial charge in [-0.15, -0.1) is 0 Å². The third-order valence-corrected chi connectivity index (χ3v) is 19.0. The van der Waals surface area contributed by atoms with Gasteiger partial charge in [0.2, 0.25) is 88.6 Å². The Hall–Kier alpha value is -10.9. The van der Waals surface area contributed by atoms with E-state index in [1.165, 1.54) is 86.6 Å². The smallest absolute Gasteiger partial charge is 0.325 e. The van der Waals surface area contributed by atoms with Crippen LogP contribution >= 0.6 is 12.6 Å². The van der Waals surface area contributed by atoms with Gasteiger partial charge in [0.05, 0.1) is 25.2 Å². The molecule has 43 nitrogen and oxygen atoms in total. The van der Waals surface area contributed by atoms with Crippen molar-refractivity contribution in [2.75, 3.05) is 18.9 Å². The number of phenolic OH excluding ortho intramolecular Hbond substituents is 1. The van der Waals surface area contributed by atoms with Crippen LogP contribution in [0.15, 0.2) is 24.3 Å². The summed E-state index contributed by atoms with van der Waals surface area (Å²) in [6, 6.07) is -20.0. The second-order valence-corrected chi connectivity index (χ2v) is 32.2. The van der Waals surface area contributed by atoms with Crippen LogP contribution < -0.4 is 91.2 Å². The summed E-state index contributed by atoms with van der Waals surface area (Å²) in [6.07, 6.45) is -5.12. The van der Waals surface area contributed by atoms with Crippen LogP contribution in [0.25, 0.3) is 0 Å². The second kappa shape index (κ2) is 53.7. The van der Waals surface area contributed by atoms with Gasteiger partial charge in [0.15, 0.2) is 0 Å². The number of nitrogens with one attached hydrogen (secondary N) is 15. The highest BCUT2D eigenvalue weighted by Gasteiger charge is 2.41. The molecule has 1 aromatic rings. The van der Waals surface area contributed by atoms with E-state index in [4.69, 9.17) is 11.5 Å². The summed E-state index contributed by atoms with van der Waals surface area (Å²) in [5.41, 5.74) is 11.6. The number of hydrogen-bond donors (Lipinski definition) is 25. The van der Waals surface area contributed by atoms with E-state index >= 15 is 0 Å². The lowest BCUT2D eigenvalue weighted by molar-refractivity contribution is -0.142. The normalized spacial score (nSPS) is 15.6. The van der Waals surface area contributed by atoms with Crippen molar-refractivity contribution >= 4 is 125 Å². The average Bonchev–Trinajstić information content (AvgIpc) is 0.831. The lowest BCUT2D eigenvalue weighted by Crippen LogP contribution is -2.63. The van der Waals surface area contributed by atoms with Gasteiger partial charge in [0.1, 0.15) is 96.4 Å². The number of phenols is 1. The fourth-order valence-corrected chi connectivity index (χ4v) is 12.0. The van der Waals surface area contributed by atoms with Crippen molar-refractivity contribution in [2.45, 2.75) is 277 Å². The van der Waals surface area contributed by atoms with E-state index < -0.39 is 296 Å². The van der Waals surface area contributed by atoms with E-state index in [1.54, 1.807) is 27.7 Å². The highest BCUT2D eigenvalue weighted by atomic mass is 32.1. The molecule has 0 aliphatic heterocycles. The molecular formula is C77H127N17O26S. The van der Waals surface area contributed by atoms with Crippen molar-refractivity contribution in [3.63, 3.8) is 0 Å². The topological polar surface area (TPSA) is 698 Å². The third-order valence-electron chi connectivity index (χ3n) is 18.7. The first kappa shape index (κ1) is 108. The van der Waals surface area contributed by atoms with Crippen molar-refractivity contribution in [1.29, 1.82) is 0 Å². The number of carboxylic acids is 4. The van der Waals surface area contributed by atoms with Gasteiger partial charge in [-0.3, -0.25) is 91.1 Å². The summed E-state index contributed by atoms with van der Waals surface area (Å²) in [4.78, 5) is 256. The first-order valence-electron chi connectivity index (χ1n) is 39.9. The van der Waals surface area contributed by atoms with E-state index in [-0.39, 0.29) is 37.5 Å². The van der Waals surface area contributed by atoms with Crippen LogP contribution in [-0.4, -0.2) is 270 Å². The molecule has 0 aliphatic carbocycles. The Labute approximate surface area is 707 Å². The van der Waals surface area contributed by atoms with Crippen LogP contribution in [0, 0.1) is 35.5 Å². The molecular weight excluding hydrogens is 1610 g/mol. The highest BCUT2D eigenvalue weighted by molar-refractivity contribution is 7.80. The second-order valence-electron chi connectivity index (χ2n) is 31.8. The number of carboxylic acid groups (broad SMARTS) is 4. The van der Waals surface area contributed by atoms with Gasteiger partial charge >= 0.3 is 23.9 Å². The van der Waals surface area contributed by atoms with E-state index in [0.717, 1.165) is 13.8 Å². The Kier molecular flexibility index (Phi) is 48.0. The number of nitrogens with two attached hydrogens (primary N) is 2. The largest absolute Gasteiger partial charge is 0.508 e. The first-order chi connectivity index (χ1) is 56.3. The fourth-order valence-electron chi connectivity index (χ4n) is 11.7. The Morgan fingerprint density at radius 3 is 1.06 bits per heavy atom. The number of aromatic hydroxyl groups is 1. The van der Waals surface area contributed by atoms with Crippen LogP contribution in [0.4, 0.5) is 0 Å². The molecule has 0 fully saturated rings. The SMILES string of the molecule is CC(C)C[C@H](NC(=O)[C@H](CC(=O)O)NC(=O)[C@H](CCCCN)NC(=O)[C@H](C)N)C(=O)N[C@@H](CCC(=O)O)C(=O)N[C@H](C(=O)N[C@H](C(=O)N[C@@H](CS)C(=O)N[C@@H](CO)C(=O)N[C@H](C(=O)N[C@@H](Cc1ccc(O)cc1)C(=O)N[C@H](C(=O)N[C@@H](CC(C)C)C(=O)N[C@H](C(=O)N[C@@H](CCC(=O)O)C(=O)N[C@@H](C)C(=O)O)C(C)C)C(C)C)[C@@H](C)O)C(C)C)C(C)C. The minimum Gasteiger partial charge on any atom is -0.508 e. The number of hydrogen-bond acceptors (Lipinski definition) is 25. The summed E-state index contributed by atoms with van der Waals surface area (Å²) in [5, 5.41) is 106. The fraction of sp³-hybridized carbons (Fsp3) is 0.675. The lowest BCUT2D eigenvalue weighted by Gasteiger charge is -2.30. The maximum atomic E-state index is 14.6. The molecule has 121 heavy (non-hydrogen) atoms. The summed E-state index contributed by atoms with van der Waals surface area (Å²) in [5.74, 6) is -26.1. The number of carbonyl (C=O) groups excluding carboxylic acids is 15. The third kappa shape index (κ3) is 39.5. The van der Waals surface area contributed by atoms with Gasteiger partial charge in [-0.2, -0.15) is 12.6 Å². The Morgan fingerprint density at radius 1 is 0.355 bits per heavy atom. The number of unbranched alkanes of at least 4 members (excludes halogenated alkanes) is 1. The van der Waals surface area contributed by atoms with Crippen LogP contribution in [0.3, 0.4) is 0 Å². The molecule has 44 heteroatoms. The quantitative estimate of drug-likeness (QED) is 0.0214. The number of carbonyl (C=O) groups is 19. The van der Waals surface area contributed by atoms with Gasteiger partial charge in [-0.05, 0) is 125 Å². The van der Waals surface area contributed by atoms with E-state index in [2.05, 4.69) is 92.4 Å². The zero-order valence-corrected chi connectivity index (χ0v) is 71.9. The zero-order valence-electron chi connectivity index (χ0n) is 71.0. The molecule has 17 atom stereocenters. The van der Waals surface area contributed by atoms with Gasteiger partial charge < -0.3 is 127 Å². The molecule has 682 valence electrons. The number of thiol groups is 1. The van der Waals surface area contributed by atoms with Gasteiger partial charge in [-0.1, -0.05) is 95.2 Å². The van der Waals surface area contributed by atoms with Crippen LogP contribution in [0.5, 0.6) is 5.75 Å². The van der Waals surface area contributed by atoms with Crippen molar-refractivity contribution in [3.8, 4) is 5.75 Å². The monoisotopic (exact) mass is 1740 g/mol. The van der Waals surface area contributed by atoms with Gasteiger partial charge in [0.25, 0.3) is 0 Å². The molecule has 15 amide bonds. The van der Waals surface area contributed by atoms with E-state index in [0.29, 0.717) is 18.4 Å². The molecule has 0 saturated carbocycles. The molecule has 0 radical (unpaired) electrons. The maximum Gasteiger partial charge on any atom is 0.325 e. The van der Waals surface area contributed by atoms with Crippen molar-refractivity contribution in [3.05, 3.63) is 29.8 Å². The zero-order chi connectivity index (χ0) is 92.7. The standard InChI is InChI=1S/C77H127N17O26S/c1-34(2)28-48(84-67(109)51(31-56(102)103)85-64(106)45(18-16-17-27-78)81-62(104)40(13)79)66(108)82-47(24-26-55(100)101)65(107)90-60(39(11)12)75(117)93-59(38(9)10)74(116)89-53(33-121)71(113)88-52(32-95)70(112)94-61(42(15)96)76(118)87-50(30-43-19-21-44(97)22-20-43)69(111)92-58(37(7)8)73(115)86-49(29-35(3)4)68(110)91-57(36(5)6)72(114)83-46(23-25-54(98)99)63(105)80-41(14)77(119)120/h19-22,34-42,45-53,57-61,95-97,121H,16-18,23-33,78-79H2,1-15H3,(H,80,105)(H,81,104)(H,82,108)(H,83,114)(H,84,109)(H,85,106)(H,86,115)(H,87,118)(H,88,113)(H,89,116)(H,90,107)(H,91,110)(H,92,111)(H,93,117)(H,94,112)(H,98,99)(H,100,101)(H,102,103)(H,119,120)/t40-,41-,42+,45-,46-,47-,48-,49-,50-,51-,52-,53-,57-,58-,59-,60-,61-/m0/s1. The Balaban J connectivity index is 3.56. The molecule has 0 heterocycles. The molecule has 0 aliphatic rings. The summed E-state index contributed by atoms with van der Waals surface area (Å²) >= 11 is 4.20. The van der Waals surface area contributed by atoms with Gasteiger partial charge in [-0.25, -0.2) is 0 Å². The predicted molar refractivity (Wildman–Crippen MR) is 438 cm³/mol. The minimum atomic E-state index is -2.00. The number of benzene rings is 1. The van der Waals surface area contributed by atoms with Crippen LogP contribution in [-0.2, 0) is 97.5 Å². The highest BCUT2D eigenvalue weighted by Crippen LogP contribution is 2.18. The van der Waals surface area contributed by atoms with Crippen molar-refractivity contribution in [1.82, 2.24) is 79.8 Å². The molecule has 1 rings (SSSR count). The van der Waals surface area contributed by atoms with Gasteiger partial charge in [0, 0.05) is 25.0 Å². The van der Waals surface area contributed by atoms with Crippen molar-refractivity contribution in [2.24, 2.45) is 47.0 Å². The molecule has 0 aromatic heterocycles. The number of aliphatic hydroxyl groups is 2. The molecule has 0 spiro atoms. The lowest BCUT2D eigenvalue weighted by atomic mass is 9.97. The minimum absolute atomic E-state index is 0.0139. The number of aliphatic hydroxyl groups excluding tert-OH is 2. The number of aliphatic carboxylic acids is 4. The summed E-state index contributed by atoms with van der Waals surface area (Å²) in [6.45, 7) is 21.4. The molecule has 0 unspecified atom stereocenters. The number of amides is 15. The van der Waals surface area contributed by atoms with E-state index in [9.17, 15) is 127 Å². The molecule has 26 N–H and O–H groups in total. The molecule has 0 bridgehead atoms. The van der Waals surface area contributed by atoms with Crippen LogP contribution in [0.2, 0.25) is 0 Å². The van der Waals surface area contributed by atoms with Crippen LogP contribution in [0.1, 0.15) is 174 Å². The number of rotatable bonds is 56. The predicted octanol–water partition coefficient (Wildman–Crippen LogP) is -4.99. The van der Waals surface area contributed by atoms with Crippen molar-refractivity contribution < 1.29 is 127 Å². The molecule has 0 saturated heterocycles.